The molecular weight excluding hydrogens is 205 g/mol. The van der Waals surface area contributed by atoms with Crippen LogP contribution in [0.15, 0.2) is 30.3 Å². The number of para-hydroxylation sites is 1. The Morgan fingerprint density at radius 3 is 1.54 bits per heavy atom. The van der Waals surface area contributed by atoms with Gasteiger partial charge in [0.15, 0.2) is 0 Å². The molecule has 0 saturated heterocycles. The molecule has 7 heteroatoms. The zero-order valence-corrected chi connectivity index (χ0v) is 6.90. The Morgan fingerprint density at radius 1 is 1.08 bits per heavy atom. The van der Waals surface area contributed by atoms with Crippen LogP contribution < -0.4 is 5.73 Å². The molecule has 0 aliphatic heterocycles. The zero-order chi connectivity index (χ0) is 9.61. The predicted molar refractivity (Wildman–Crippen MR) is 52.2 cm³/mol. The summed E-state index contributed by atoms with van der Waals surface area (Å²) in [5.74, 6) is 0. The fraction of sp³-hybridized carbons (Fsp3) is 0. The average Bonchev–Trinajstić information content (AvgIpc) is 1.85. The van der Waals surface area contributed by atoms with E-state index < -0.39 is 10.4 Å². The molecular formula is C6H10NNaO4S. The second kappa shape index (κ2) is 7.31. The Labute approximate surface area is 98.8 Å². The van der Waals surface area contributed by atoms with Crippen molar-refractivity contribution in [3.8, 4) is 0 Å². The Hall–Kier alpha value is -0.110. The van der Waals surface area contributed by atoms with Gasteiger partial charge in [-0.3, -0.25) is 9.11 Å². The Kier molecular flexibility index (Phi) is 8.64. The molecule has 0 amide bonds. The van der Waals surface area contributed by atoms with Gasteiger partial charge in [0.05, 0.1) is 0 Å². The Balaban J connectivity index is 0. The van der Waals surface area contributed by atoms with Crippen molar-refractivity contribution in [3.05, 3.63) is 30.3 Å². The van der Waals surface area contributed by atoms with E-state index in [1.54, 1.807) is 0 Å². The van der Waals surface area contributed by atoms with E-state index in [1.807, 2.05) is 30.3 Å². The van der Waals surface area contributed by atoms with Gasteiger partial charge in [0, 0.05) is 5.69 Å². The molecule has 0 saturated carbocycles. The minimum absolute atomic E-state index is 0. The number of anilines is 1. The van der Waals surface area contributed by atoms with Crippen molar-refractivity contribution in [1.29, 1.82) is 0 Å². The summed E-state index contributed by atoms with van der Waals surface area (Å²) >= 11 is 0. The average molecular weight is 215 g/mol. The summed E-state index contributed by atoms with van der Waals surface area (Å²) in [7, 11) is -4.67. The number of nitrogens with two attached hydrogens (primary N) is 1. The van der Waals surface area contributed by atoms with Crippen LogP contribution in [0.2, 0.25) is 0 Å². The van der Waals surface area contributed by atoms with Crippen LogP contribution >= 0.6 is 0 Å². The van der Waals surface area contributed by atoms with Crippen molar-refractivity contribution in [1.82, 2.24) is 0 Å². The predicted octanol–water partition coefficient (Wildman–Crippen LogP) is -0.0325. The molecule has 0 atom stereocenters. The SMILES string of the molecule is Nc1ccccc1.O=S(=O)(O)O.[NaH]. The summed E-state index contributed by atoms with van der Waals surface area (Å²) in [6.45, 7) is 0. The van der Waals surface area contributed by atoms with E-state index in [4.69, 9.17) is 23.3 Å². The summed E-state index contributed by atoms with van der Waals surface area (Å²) in [6, 6.07) is 9.49. The standard InChI is InChI=1S/C6H7N.Na.H2O4S.H/c7-6-4-2-1-3-5-6;;1-5(2,3)4;/h1-5H,7H2;;(H2,1,2,3,4);. The van der Waals surface area contributed by atoms with Crippen molar-refractivity contribution in [3.63, 3.8) is 0 Å². The van der Waals surface area contributed by atoms with Crippen molar-refractivity contribution in [2.24, 2.45) is 0 Å². The van der Waals surface area contributed by atoms with Crippen LogP contribution in [0.3, 0.4) is 0 Å². The normalized spacial score (nSPS) is 9.08. The van der Waals surface area contributed by atoms with Gasteiger partial charge in [-0.25, -0.2) is 0 Å². The van der Waals surface area contributed by atoms with Gasteiger partial charge in [-0.1, -0.05) is 18.2 Å². The quantitative estimate of drug-likeness (QED) is 0.320. The first-order valence-electron chi connectivity index (χ1n) is 2.90. The van der Waals surface area contributed by atoms with Gasteiger partial charge in [-0.05, 0) is 12.1 Å². The van der Waals surface area contributed by atoms with Crippen LogP contribution in [-0.4, -0.2) is 47.1 Å². The van der Waals surface area contributed by atoms with E-state index in [9.17, 15) is 0 Å². The Morgan fingerprint density at radius 2 is 1.38 bits per heavy atom. The van der Waals surface area contributed by atoms with E-state index >= 15 is 0 Å². The third-order valence-corrected chi connectivity index (χ3v) is 0.800. The van der Waals surface area contributed by atoms with Crippen LogP contribution in [0, 0.1) is 0 Å². The van der Waals surface area contributed by atoms with Gasteiger partial charge in [-0.2, -0.15) is 8.42 Å². The van der Waals surface area contributed by atoms with Crippen molar-refractivity contribution >= 4 is 45.6 Å². The van der Waals surface area contributed by atoms with Gasteiger partial charge in [-0.15, -0.1) is 0 Å². The molecule has 0 aliphatic rings. The minimum atomic E-state index is -4.67. The van der Waals surface area contributed by atoms with E-state index in [0.29, 0.717) is 0 Å². The monoisotopic (exact) mass is 215 g/mol. The van der Waals surface area contributed by atoms with E-state index in [2.05, 4.69) is 0 Å². The summed E-state index contributed by atoms with van der Waals surface area (Å²) in [5, 5.41) is 0. The zero-order valence-electron chi connectivity index (χ0n) is 6.08. The third kappa shape index (κ3) is 18.7. The molecule has 0 heterocycles. The summed E-state index contributed by atoms with van der Waals surface area (Å²) in [4.78, 5) is 0. The van der Waals surface area contributed by atoms with E-state index in [0.717, 1.165) is 5.69 Å². The summed E-state index contributed by atoms with van der Waals surface area (Å²) in [5.41, 5.74) is 6.18. The molecule has 4 N–H and O–H groups in total. The molecule has 1 rings (SSSR count). The molecule has 1 aromatic rings. The number of rotatable bonds is 0. The van der Waals surface area contributed by atoms with Gasteiger partial charge in [0.25, 0.3) is 0 Å². The molecule has 0 aliphatic carbocycles. The molecule has 0 bridgehead atoms. The molecule has 0 fully saturated rings. The van der Waals surface area contributed by atoms with Crippen molar-refractivity contribution in [2.45, 2.75) is 0 Å². The number of benzene rings is 1. The maximum atomic E-state index is 8.74. The molecule has 70 valence electrons. The molecule has 0 aromatic heterocycles. The molecule has 0 spiro atoms. The van der Waals surface area contributed by atoms with E-state index in [-0.39, 0.29) is 29.6 Å². The van der Waals surface area contributed by atoms with Crippen molar-refractivity contribution in [2.75, 3.05) is 5.73 Å². The second-order valence-electron chi connectivity index (χ2n) is 1.86. The van der Waals surface area contributed by atoms with Gasteiger partial charge >= 0.3 is 40.0 Å². The van der Waals surface area contributed by atoms with Gasteiger partial charge in [0.1, 0.15) is 0 Å². The number of hydrogen-bond acceptors (Lipinski definition) is 3. The molecule has 0 radical (unpaired) electrons. The molecule has 0 unspecified atom stereocenters. The van der Waals surface area contributed by atoms with Gasteiger partial charge < -0.3 is 5.73 Å². The maximum absolute atomic E-state index is 8.74. The number of hydrogen-bond donors (Lipinski definition) is 3. The first kappa shape index (κ1) is 15.4. The molecule has 13 heavy (non-hydrogen) atoms. The fourth-order valence-corrected chi connectivity index (χ4v) is 0.453. The van der Waals surface area contributed by atoms with Crippen molar-refractivity contribution < 1.29 is 17.5 Å². The summed E-state index contributed by atoms with van der Waals surface area (Å²) < 4.78 is 31.6. The van der Waals surface area contributed by atoms with E-state index in [1.165, 1.54) is 0 Å². The van der Waals surface area contributed by atoms with Gasteiger partial charge in [0.2, 0.25) is 0 Å². The van der Waals surface area contributed by atoms with Crippen LogP contribution in [0.4, 0.5) is 5.69 Å². The fourth-order valence-electron chi connectivity index (χ4n) is 0.453. The third-order valence-electron chi connectivity index (χ3n) is 0.800. The Bertz CT molecular complexity index is 305. The molecule has 1 aromatic carbocycles. The first-order valence-corrected chi connectivity index (χ1v) is 4.29. The van der Waals surface area contributed by atoms with Crippen LogP contribution in [0.5, 0.6) is 0 Å². The summed E-state index contributed by atoms with van der Waals surface area (Å²) in [6.07, 6.45) is 0. The number of nitrogen functional groups attached to an aromatic ring is 1. The molecule has 5 nitrogen and oxygen atoms in total. The topological polar surface area (TPSA) is 101 Å². The van der Waals surface area contributed by atoms with Crippen LogP contribution in [0.1, 0.15) is 0 Å². The first-order chi connectivity index (χ1) is 5.39. The van der Waals surface area contributed by atoms with Crippen LogP contribution in [-0.2, 0) is 10.4 Å². The second-order valence-corrected chi connectivity index (χ2v) is 2.75. The van der Waals surface area contributed by atoms with Crippen LogP contribution in [0.25, 0.3) is 0 Å².